The standard InChI is InChI=1S/C13H15ClN2/c1-13(4-5-13)16-8-9-7-15-12-6-10(14)2-3-11(9)12/h2-3,6-7,15-16H,4-5,8H2,1H3. The van der Waals surface area contributed by atoms with Crippen molar-refractivity contribution in [3.8, 4) is 0 Å². The van der Waals surface area contributed by atoms with Gasteiger partial charge in [0.2, 0.25) is 0 Å². The molecule has 2 N–H and O–H groups in total. The molecule has 0 amide bonds. The Morgan fingerprint density at radius 2 is 2.25 bits per heavy atom. The lowest BCUT2D eigenvalue weighted by atomic mass is 10.1. The summed E-state index contributed by atoms with van der Waals surface area (Å²) in [5, 5.41) is 5.63. The van der Waals surface area contributed by atoms with Gasteiger partial charge in [0.25, 0.3) is 0 Å². The second kappa shape index (κ2) is 3.51. The Bertz CT molecular complexity index is 526. The number of aromatic nitrogens is 1. The maximum atomic E-state index is 5.95. The summed E-state index contributed by atoms with van der Waals surface area (Å²) in [6, 6.07) is 6.00. The van der Waals surface area contributed by atoms with Crippen molar-refractivity contribution in [3.63, 3.8) is 0 Å². The van der Waals surface area contributed by atoms with Crippen LogP contribution >= 0.6 is 11.6 Å². The zero-order valence-corrected chi connectivity index (χ0v) is 10.1. The van der Waals surface area contributed by atoms with Gasteiger partial charge in [-0.05, 0) is 37.5 Å². The molecule has 0 aliphatic heterocycles. The number of benzene rings is 1. The average molecular weight is 235 g/mol. The van der Waals surface area contributed by atoms with Crippen LogP contribution in [0.2, 0.25) is 5.02 Å². The first-order chi connectivity index (χ1) is 7.66. The van der Waals surface area contributed by atoms with E-state index in [1.54, 1.807) is 0 Å². The molecule has 1 aromatic heterocycles. The van der Waals surface area contributed by atoms with Crippen LogP contribution < -0.4 is 5.32 Å². The quantitative estimate of drug-likeness (QED) is 0.837. The zero-order valence-electron chi connectivity index (χ0n) is 9.31. The molecule has 2 nitrogen and oxygen atoms in total. The second-order valence-corrected chi connectivity index (χ2v) is 5.35. The van der Waals surface area contributed by atoms with Crippen LogP contribution in [0.3, 0.4) is 0 Å². The summed E-state index contributed by atoms with van der Waals surface area (Å²) in [7, 11) is 0. The number of H-pyrrole nitrogens is 1. The molecule has 1 aromatic carbocycles. The molecule has 0 atom stereocenters. The first kappa shape index (κ1) is 10.2. The number of hydrogen-bond donors (Lipinski definition) is 2. The summed E-state index contributed by atoms with van der Waals surface area (Å²) >= 11 is 5.95. The van der Waals surface area contributed by atoms with Crippen molar-refractivity contribution in [2.75, 3.05) is 0 Å². The van der Waals surface area contributed by atoms with Gasteiger partial charge in [0.15, 0.2) is 0 Å². The van der Waals surface area contributed by atoms with Crippen LogP contribution in [0.1, 0.15) is 25.3 Å². The van der Waals surface area contributed by atoms with Crippen LogP contribution in [0, 0.1) is 0 Å². The molecule has 0 unspecified atom stereocenters. The van der Waals surface area contributed by atoms with Gasteiger partial charge in [-0.3, -0.25) is 0 Å². The van der Waals surface area contributed by atoms with E-state index in [1.807, 2.05) is 12.1 Å². The third-order valence-corrected chi connectivity index (χ3v) is 3.67. The number of fused-ring (bicyclic) bond motifs is 1. The van der Waals surface area contributed by atoms with E-state index in [1.165, 1.54) is 23.8 Å². The Kier molecular flexibility index (Phi) is 2.23. The SMILES string of the molecule is CC1(NCc2c[nH]c3cc(Cl)ccc23)CC1. The third-order valence-electron chi connectivity index (χ3n) is 3.44. The van der Waals surface area contributed by atoms with Crippen molar-refractivity contribution in [2.45, 2.75) is 31.8 Å². The Morgan fingerprint density at radius 1 is 1.44 bits per heavy atom. The van der Waals surface area contributed by atoms with Crippen molar-refractivity contribution >= 4 is 22.5 Å². The van der Waals surface area contributed by atoms with E-state index in [9.17, 15) is 0 Å². The summed E-state index contributed by atoms with van der Waals surface area (Å²) in [5.41, 5.74) is 2.82. The minimum atomic E-state index is 0.385. The Hall–Kier alpha value is -0.990. The van der Waals surface area contributed by atoms with E-state index in [2.05, 4.69) is 29.5 Å². The average Bonchev–Trinajstić information content (AvgIpc) is 2.87. The highest BCUT2D eigenvalue weighted by atomic mass is 35.5. The van der Waals surface area contributed by atoms with Gasteiger partial charge >= 0.3 is 0 Å². The molecule has 1 aliphatic rings. The van der Waals surface area contributed by atoms with E-state index in [-0.39, 0.29) is 0 Å². The predicted molar refractivity (Wildman–Crippen MR) is 67.8 cm³/mol. The molecule has 3 rings (SSSR count). The molecule has 1 saturated carbocycles. The first-order valence-corrected chi connectivity index (χ1v) is 6.05. The molecule has 84 valence electrons. The van der Waals surface area contributed by atoms with Gasteiger partial charge in [0, 0.05) is 34.2 Å². The van der Waals surface area contributed by atoms with Gasteiger partial charge in [0.1, 0.15) is 0 Å². The van der Waals surface area contributed by atoms with E-state index < -0.39 is 0 Å². The highest BCUT2D eigenvalue weighted by molar-refractivity contribution is 6.31. The molecule has 0 bridgehead atoms. The monoisotopic (exact) mass is 234 g/mol. The lowest BCUT2D eigenvalue weighted by Gasteiger charge is -2.10. The lowest BCUT2D eigenvalue weighted by Crippen LogP contribution is -2.26. The van der Waals surface area contributed by atoms with Crippen LogP contribution in [0.25, 0.3) is 10.9 Å². The van der Waals surface area contributed by atoms with Crippen LogP contribution in [-0.4, -0.2) is 10.5 Å². The molecular weight excluding hydrogens is 220 g/mol. The fraction of sp³-hybridized carbons (Fsp3) is 0.385. The van der Waals surface area contributed by atoms with Crippen molar-refractivity contribution in [2.24, 2.45) is 0 Å². The smallest absolute Gasteiger partial charge is 0.0472 e. The number of nitrogens with one attached hydrogen (secondary N) is 2. The highest BCUT2D eigenvalue weighted by Gasteiger charge is 2.36. The second-order valence-electron chi connectivity index (χ2n) is 4.92. The van der Waals surface area contributed by atoms with Crippen LogP contribution in [-0.2, 0) is 6.54 Å². The largest absolute Gasteiger partial charge is 0.361 e. The summed E-state index contributed by atoms with van der Waals surface area (Å²) in [4.78, 5) is 3.26. The Morgan fingerprint density at radius 3 is 3.00 bits per heavy atom. The van der Waals surface area contributed by atoms with E-state index in [4.69, 9.17) is 11.6 Å². The van der Waals surface area contributed by atoms with Gasteiger partial charge in [-0.1, -0.05) is 17.7 Å². The molecule has 1 aliphatic carbocycles. The van der Waals surface area contributed by atoms with E-state index >= 15 is 0 Å². The van der Waals surface area contributed by atoms with Gasteiger partial charge in [-0.25, -0.2) is 0 Å². The molecule has 1 heterocycles. The minimum absolute atomic E-state index is 0.385. The van der Waals surface area contributed by atoms with Gasteiger partial charge < -0.3 is 10.3 Å². The van der Waals surface area contributed by atoms with Gasteiger partial charge in [-0.15, -0.1) is 0 Å². The molecule has 0 spiro atoms. The number of aromatic amines is 1. The molecule has 0 radical (unpaired) electrons. The zero-order chi connectivity index (χ0) is 11.2. The fourth-order valence-electron chi connectivity index (χ4n) is 1.98. The number of halogens is 1. The Labute approximate surface area is 100.0 Å². The molecule has 1 fully saturated rings. The minimum Gasteiger partial charge on any atom is -0.361 e. The van der Waals surface area contributed by atoms with Crippen LogP contribution in [0.4, 0.5) is 0 Å². The number of hydrogen-bond acceptors (Lipinski definition) is 1. The van der Waals surface area contributed by atoms with Crippen molar-refractivity contribution in [1.29, 1.82) is 0 Å². The van der Waals surface area contributed by atoms with Gasteiger partial charge in [0.05, 0.1) is 0 Å². The summed E-state index contributed by atoms with van der Waals surface area (Å²) in [6.45, 7) is 3.21. The molecular formula is C13H15ClN2. The lowest BCUT2D eigenvalue weighted by molar-refractivity contribution is 0.539. The first-order valence-electron chi connectivity index (χ1n) is 5.67. The molecule has 3 heteroatoms. The molecule has 16 heavy (non-hydrogen) atoms. The van der Waals surface area contributed by atoms with Crippen LogP contribution in [0.15, 0.2) is 24.4 Å². The topological polar surface area (TPSA) is 27.8 Å². The summed E-state index contributed by atoms with van der Waals surface area (Å²) in [6.07, 6.45) is 4.65. The summed E-state index contributed by atoms with van der Waals surface area (Å²) < 4.78 is 0. The predicted octanol–water partition coefficient (Wildman–Crippen LogP) is 3.46. The molecule has 2 aromatic rings. The van der Waals surface area contributed by atoms with Crippen molar-refractivity contribution < 1.29 is 0 Å². The number of rotatable bonds is 3. The van der Waals surface area contributed by atoms with Gasteiger partial charge in [-0.2, -0.15) is 0 Å². The van der Waals surface area contributed by atoms with E-state index in [0.717, 1.165) is 17.1 Å². The third kappa shape index (κ3) is 1.83. The van der Waals surface area contributed by atoms with E-state index in [0.29, 0.717) is 5.54 Å². The van der Waals surface area contributed by atoms with Crippen molar-refractivity contribution in [1.82, 2.24) is 10.3 Å². The highest BCUT2D eigenvalue weighted by Crippen LogP contribution is 2.35. The fourth-order valence-corrected chi connectivity index (χ4v) is 2.15. The maximum absolute atomic E-state index is 5.95. The summed E-state index contributed by atoms with van der Waals surface area (Å²) in [5.74, 6) is 0. The maximum Gasteiger partial charge on any atom is 0.0472 e. The van der Waals surface area contributed by atoms with Crippen molar-refractivity contribution in [3.05, 3.63) is 35.0 Å². The normalized spacial score (nSPS) is 17.9. The Balaban J connectivity index is 1.86. The molecule has 0 saturated heterocycles. The van der Waals surface area contributed by atoms with Crippen LogP contribution in [0.5, 0.6) is 0 Å².